The molecule has 3 aromatic rings. The van der Waals surface area contributed by atoms with Gasteiger partial charge in [0.2, 0.25) is 5.91 Å². The van der Waals surface area contributed by atoms with Crippen LogP contribution in [-0.4, -0.2) is 31.3 Å². The van der Waals surface area contributed by atoms with E-state index in [1.165, 1.54) is 0 Å². The quantitative estimate of drug-likeness (QED) is 0.647. The maximum Gasteiger partial charge on any atom is 0.248 e. The number of benzene rings is 3. The van der Waals surface area contributed by atoms with Gasteiger partial charge in [0.15, 0.2) is 0 Å². The average molecular weight is 406 g/mol. The molecule has 3 aromatic carbocycles. The van der Waals surface area contributed by atoms with Gasteiger partial charge >= 0.3 is 0 Å². The van der Waals surface area contributed by atoms with Crippen molar-refractivity contribution in [2.24, 2.45) is 4.99 Å². The number of hydrogen-bond acceptors (Lipinski definition) is 4. The molecule has 29 heavy (non-hydrogen) atoms. The van der Waals surface area contributed by atoms with Crippen LogP contribution in [0.4, 0.5) is 11.4 Å². The van der Waals surface area contributed by atoms with E-state index >= 15 is 0 Å². The maximum absolute atomic E-state index is 12.8. The van der Waals surface area contributed by atoms with Gasteiger partial charge in [-0.15, -0.1) is 0 Å². The number of carbonyl (C=O) groups is 1. The summed E-state index contributed by atoms with van der Waals surface area (Å²) in [5, 5.41) is 0.597. The molecular formula is C23H20ClN3O2. The fraction of sp³-hybridized carbons (Fsp3) is 0.130. The van der Waals surface area contributed by atoms with Crippen molar-refractivity contribution in [3.8, 4) is 5.75 Å². The minimum Gasteiger partial charge on any atom is -0.492 e. The zero-order chi connectivity index (χ0) is 20.2. The summed E-state index contributed by atoms with van der Waals surface area (Å²) in [6, 6.07) is 22.5. The first kappa shape index (κ1) is 19.0. The van der Waals surface area contributed by atoms with Crippen LogP contribution < -0.4 is 15.4 Å². The fourth-order valence-corrected chi connectivity index (χ4v) is 3.46. The monoisotopic (exact) mass is 405 g/mol. The molecule has 0 aromatic heterocycles. The van der Waals surface area contributed by atoms with Crippen molar-refractivity contribution < 1.29 is 9.53 Å². The lowest BCUT2D eigenvalue weighted by molar-refractivity contribution is -0.117. The van der Waals surface area contributed by atoms with Gasteiger partial charge in [0.05, 0.1) is 17.9 Å². The number of rotatable bonds is 5. The normalized spacial score (nSPS) is 13.5. The number of fused-ring (bicyclic) bond motifs is 1. The standard InChI is InChI=1S/C23H20ClN3O2/c24-17-6-11-21-20(14-17)23(16-4-2-1-3-5-16)26-15-22(28)27(21)12-13-29-19-9-7-18(25)8-10-19/h1-11,14H,12-13,15,25H2. The topological polar surface area (TPSA) is 67.9 Å². The lowest BCUT2D eigenvalue weighted by atomic mass is 10.0. The molecule has 1 aliphatic rings. The smallest absolute Gasteiger partial charge is 0.248 e. The molecule has 1 amide bonds. The van der Waals surface area contributed by atoms with Gasteiger partial charge in [-0.3, -0.25) is 9.79 Å². The van der Waals surface area contributed by atoms with Crippen LogP contribution in [0.1, 0.15) is 11.1 Å². The van der Waals surface area contributed by atoms with E-state index in [1.807, 2.05) is 54.6 Å². The highest BCUT2D eigenvalue weighted by molar-refractivity contribution is 6.32. The minimum absolute atomic E-state index is 0.0679. The summed E-state index contributed by atoms with van der Waals surface area (Å²) >= 11 is 6.27. The van der Waals surface area contributed by atoms with Crippen LogP contribution in [0.3, 0.4) is 0 Å². The Morgan fingerprint density at radius 3 is 2.55 bits per heavy atom. The second-order valence-electron chi connectivity index (χ2n) is 6.66. The number of ether oxygens (including phenoxy) is 1. The third kappa shape index (κ3) is 4.25. The van der Waals surface area contributed by atoms with Crippen molar-refractivity contribution >= 4 is 34.6 Å². The van der Waals surface area contributed by atoms with Crippen LogP contribution in [0.2, 0.25) is 5.02 Å². The molecule has 0 fully saturated rings. The van der Waals surface area contributed by atoms with Crippen molar-refractivity contribution in [2.75, 3.05) is 30.3 Å². The molecule has 0 spiro atoms. The Morgan fingerprint density at radius 2 is 1.79 bits per heavy atom. The second kappa shape index (κ2) is 8.37. The number of anilines is 2. The van der Waals surface area contributed by atoms with E-state index < -0.39 is 0 Å². The van der Waals surface area contributed by atoms with Crippen LogP contribution in [0.15, 0.2) is 77.8 Å². The van der Waals surface area contributed by atoms with Gasteiger partial charge in [-0.25, -0.2) is 0 Å². The molecule has 0 bridgehead atoms. The third-order valence-electron chi connectivity index (χ3n) is 4.69. The van der Waals surface area contributed by atoms with Crippen LogP contribution in [0.25, 0.3) is 0 Å². The highest BCUT2D eigenvalue weighted by Gasteiger charge is 2.25. The maximum atomic E-state index is 12.8. The van der Waals surface area contributed by atoms with Crippen LogP contribution in [0.5, 0.6) is 5.75 Å². The summed E-state index contributed by atoms with van der Waals surface area (Å²) in [7, 11) is 0. The van der Waals surface area contributed by atoms with E-state index in [-0.39, 0.29) is 12.5 Å². The first-order valence-corrected chi connectivity index (χ1v) is 9.68. The molecule has 146 valence electrons. The Morgan fingerprint density at radius 1 is 1.03 bits per heavy atom. The number of carbonyl (C=O) groups excluding carboxylic acids is 1. The Kier molecular flexibility index (Phi) is 5.49. The Hall–Kier alpha value is -3.31. The van der Waals surface area contributed by atoms with Gasteiger partial charge in [-0.1, -0.05) is 41.9 Å². The first-order valence-electron chi connectivity index (χ1n) is 9.30. The van der Waals surface area contributed by atoms with E-state index in [2.05, 4.69) is 4.99 Å². The lowest BCUT2D eigenvalue weighted by Gasteiger charge is -2.23. The second-order valence-corrected chi connectivity index (χ2v) is 7.09. The molecule has 1 heterocycles. The number of nitrogens with zero attached hydrogens (tertiary/aromatic N) is 2. The summed E-state index contributed by atoms with van der Waals surface area (Å²) in [6.45, 7) is 0.812. The molecule has 0 aliphatic carbocycles. The van der Waals surface area contributed by atoms with E-state index in [4.69, 9.17) is 22.1 Å². The van der Waals surface area contributed by atoms with Crippen molar-refractivity contribution in [3.05, 3.63) is 88.9 Å². The Labute approximate surface area is 174 Å². The molecule has 0 radical (unpaired) electrons. The number of amides is 1. The number of halogens is 1. The zero-order valence-electron chi connectivity index (χ0n) is 15.7. The summed E-state index contributed by atoms with van der Waals surface area (Å²) in [5.74, 6) is 0.624. The number of aliphatic imine (C=N–C) groups is 1. The largest absolute Gasteiger partial charge is 0.492 e. The molecule has 0 atom stereocenters. The van der Waals surface area contributed by atoms with Gasteiger partial charge in [0, 0.05) is 21.8 Å². The van der Waals surface area contributed by atoms with E-state index in [9.17, 15) is 4.79 Å². The predicted octanol–water partition coefficient (Wildman–Crippen LogP) is 4.19. The average Bonchev–Trinajstić information content (AvgIpc) is 2.86. The number of nitrogen functional groups attached to an aromatic ring is 1. The molecule has 2 N–H and O–H groups in total. The van der Waals surface area contributed by atoms with Crippen molar-refractivity contribution in [3.63, 3.8) is 0 Å². The Bertz CT molecular complexity index is 1050. The zero-order valence-corrected chi connectivity index (χ0v) is 16.5. The molecule has 0 saturated carbocycles. The molecule has 4 rings (SSSR count). The molecule has 0 saturated heterocycles. The van der Waals surface area contributed by atoms with Crippen molar-refractivity contribution in [1.29, 1.82) is 0 Å². The van der Waals surface area contributed by atoms with E-state index in [0.29, 0.717) is 29.6 Å². The molecular weight excluding hydrogens is 386 g/mol. The van der Waals surface area contributed by atoms with Gasteiger partial charge in [0.1, 0.15) is 18.9 Å². The van der Waals surface area contributed by atoms with Gasteiger partial charge in [-0.2, -0.15) is 0 Å². The summed E-state index contributed by atoms with van der Waals surface area (Å²) in [5.41, 5.74) is 9.70. The first-order chi connectivity index (χ1) is 14.1. The van der Waals surface area contributed by atoms with Crippen molar-refractivity contribution in [1.82, 2.24) is 0 Å². The minimum atomic E-state index is -0.0830. The number of nitrogens with two attached hydrogens (primary N) is 1. The van der Waals surface area contributed by atoms with Gasteiger partial charge in [-0.05, 0) is 42.5 Å². The molecule has 1 aliphatic heterocycles. The van der Waals surface area contributed by atoms with Crippen molar-refractivity contribution in [2.45, 2.75) is 0 Å². The van der Waals surface area contributed by atoms with Crippen LogP contribution in [0, 0.1) is 0 Å². The number of benzodiazepines with no additional fused rings is 1. The summed E-state index contributed by atoms with van der Waals surface area (Å²) in [4.78, 5) is 19.1. The fourth-order valence-electron chi connectivity index (χ4n) is 3.29. The third-order valence-corrected chi connectivity index (χ3v) is 4.92. The summed E-state index contributed by atoms with van der Waals surface area (Å²) < 4.78 is 5.79. The van der Waals surface area contributed by atoms with Crippen LogP contribution >= 0.6 is 11.6 Å². The van der Waals surface area contributed by atoms with Gasteiger partial charge < -0.3 is 15.4 Å². The summed E-state index contributed by atoms with van der Waals surface area (Å²) in [6.07, 6.45) is 0. The highest BCUT2D eigenvalue weighted by atomic mass is 35.5. The van der Waals surface area contributed by atoms with E-state index in [0.717, 1.165) is 22.5 Å². The number of hydrogen-bond donors (Lipinski definition) is 1. The van der Waals surface area contributed by atoms with Gasteiger partial charge in [0.25, 0.3) is 0 Å². The predicted molar refractivity (Wildman–Crippen MR) is 117 cm³/mol. The van der Waals surface area contributed by atoms with E-state index in [1.54, 1.807) is 23.1 Å². The Balaban J connectivity index is 1.61. The highest BCUT2D eigenvalue weighted by Crippen LogP contribution is 2.29. The molecule has 0 unspecified atom stereocenters. The lowest BCUT2D eigenvalue weighted by Crippen LogP contribution is -2.36. The molecule has 6 heteroatoms. The molecule has 5 nitrogen and oxygen atoms in total. The SMILES string of the molecule is Nc1ccc(OCCN2C(=O)CN=C(c3ccccc3)c3cc(Cl)ccc32)cc1. The van der Waals surface area contributed by atoms with Crippen LogP contribution in [-0.2, 0) is 4.79 Å².